The highest BCUT2D eigenvalue weighted by Crippen LogP contribution is 2.25. The molecule has 1 atom stereocenters. The van der Waals surface area contributed by atoms with E-state index < -0.39 is 5.97 Å². The number of nitrogen functional groups attached to an aromatic ring is 1. The lowest BCUT2D eigenvalue weighted by Gasteiger charge is -2.24. The number of hydrogen-bond donors (Lipinski definition) is 3. The maximum atomic E-state index is 12.9. The van der Waals surface area contributed by atoms with Crippen molar-refractivity contribution in [3.05, 3.63) is 59.7 Å². The van der Waals surface area contributed by atoms with Gasteiger partial charge >= 0.3 is 5.97 Å². The van der Waals surface area contributed by atoms with Gasteiger partial charge in [0, 0.05) is 24.5 Å². The molecular formula is C19H21N3O3. The Morgan fingerprint density at radius 1 is 1.24 bits per heavy atom. The molecule has 6 heteroatoms. The number of carboxylic acid groups (broad SMARTS) is 1. The number of aliphatic carboxylic acids is 1. The summed E-state index contributed by atoms with van der Waals surface area (Å²) in [6.07, 6.45) is 0.656. The molecule has 3 rings (SSSR count). The van der Waals surface area contributed by atoms with Gasteiger partial charge in [0.1, 0.15) is 0 Å². The van der Waals surface area contributed by atoms with Gasteiger partial charge in [-0.25, -0.2) is 0 Å². The molecule has 130 valence electrons. The van der Waals surface area contributed by atoms with Crippen molar-refractivity contribution < 1.29 is 14.7 Å². The van der Waals surface area contributed by atoms with Crippen molar-refractivity contribution in [3.8, 4) is 0 Å². The van der Waals surface area contributed by atoms with Gasteiger partial charge in [0.15, 0.2) is 0 Å². The fourth-order valence-corrected chi connectivity index (χ4v) is 3.08. The summed E-state index contributed by atoms with van der Waals surface area (Å²) in [4.78, 5) is 25.8. The molecule has 0 saturated heterocycles. The molecule has 0 fully saturated rings. The number of nitrogens with zero attached hydrogens (tertiary/aromatic N) is 1. The third-order valence-corrected chi connectivity index (χ3v) is 4.30. The molecule has 0 bridgehead atoms. The number of anilines is 2. The summed E-state index contributed by atoms with van der Waals surface area (Å²) in [7, 11) is 0. The van der Waals surface area contributed by atoms with E-state index in [4.69, 9.17) is 10.8 Å². The van der Waals surface area contributed by atoms with Crippen LogP contribution in [0.3, 0.4) is 0 Å². The molecule has 1 heterocycles. The molecule has 0 radical (unpaired) electrons. The van der Waals surface area contributed by atoms with Crippen LogP contribution in [0.1, 0.15) is 22.3 Å². The summed E-state index contributed by atoms with van der Waals surface area (Å²) in [6.45, 7) is 0.863. The van der Waals surface area contributed by atoms with Gasteiger partial charge in [-0.2, -0.15) is 0 Å². The molecule has 0 aliphatic carbocycles. The lowest BCUT2D eigenvalue weighted by molar-refractivity contribution is -0.137. The van der Waals surface area contributed by atoms with Crippen LogP contribution in [-0.2, 0) is 11.2 Å². The van der Waals surface area contributed by atoms with E-state index in [2.05, 4.69) is 5.32 Å². The first-order valence-corrected chi connectivity index (χ1v) is 8.24. The van der Waals surface area contributed by atoms with Crippen LogP contribution >= 0.6 is 0 Å². The predicted molar refractivity (Wildman–Crippen MR) is 96.6 cm³/mol. The molecule has 2 aromatic rings. The topological polar surface area (TPSA) is 95.7 Å². The highest BCUT2D eigenvalue weighted by Gasteiger charge is 2.28. The first kappa shape index (κ1) is 16.8. The number of hydrogen-bond acceptors (Lipinski definition) is 4. The van der Waals surface area contributed by atoms with Gasteiger partial charge in [-0.1, -0.05) is 30.3 Å². The van der Waals surface area contributed by atoms with Crippen LogP contribution in [0.15, 0.2) is 48.5 Å². The number of carbonyl (C=O) groups is 2. The lowest BCUT2D eigenvalue weighted by atomic mass is 10.1. The monoisotopic (exact) mass is 339 g/mol. The Morgan fingerprint density at radius 3 is 2.72 bits per heavy atom. The lowest BCUT2D eigenvalue weighted by Crippen LogP contribution is -2.39. The minimum absolute atomic E-state index is 0.0566. The van der Waals surface area contributed by atoms with Gasteiger partial charge in [0.05, 0.1) is 18.0 Å². The van der Waals surface area contributed by atoms with Gasteiger partial charge in [0.25, 0.3) is 5.91 Å². The Bertz CT molecular complexity index is 777. The summed E-state index contributed by atoms with van der Waals surface area (Å²) in [5.41, 5.74) is 8.59. The Kier molecular flexibility index (Phi) is 4.88. The molecule has 4 N–H and O–H groups in total. The van der Waals surface area contributed by atoms with Gasteiger partial charge in [-0.3, -0.25) is 9.59 Å². The van der Waals surface area contributed by atoms with Crippen LogP contribution < -0.4 is 11.1 Å². The zero-order valence-electron chi connectivity index (χ0n) is 13.8. The number of rotatable bonds is 5. The van der Waals surface area contributed by atoms with Crippen molar-refractivity contribution in [1.82, 2.24) is 4.90 Å². The van der Waals surface area contributed by atoms with E-state index in [9.17, 15) is 9.59 Å². The zero-order valence-corrected chi connectivity index (χ0v) is 13.8. The second kappa shape index (κ2) is 7.25. The molecule has 0 saturated carbocycles. The van der Waals surface area contributed by atoms with Crippen LogP contribution in [0.4, 0.5) is 11.4 Å². The van der Waals surface area contributed by atoms with Crippen molar-refractivity contribution in [1.29, 1.82) is 0 Å². The zero-order chi connectivity index (χ0) is 17.8. The number of carboxylic acids is 1. The first-order valence-electron chi connectivity index (χ1n) is 8.24. The minimum Gasteiger partial charge on any atom is -0.481 e. The van der Waals surface area contributed by atoms with Crippen LogP contribution in [0.5, 0.6) is 0 Å². The van der Waals surface area contributed by atoms with E-state index in [-0.39, 0.29) is 18.4 Å². The highest BCUT2D eigenvalue weighted by molar-refractivity contribution is 6.01. The van der Waals surface area contributed by atoms with Crippen LogP contribution in [0.2, 0.25) is 0 Å². The molecule has 1 amide bonds. The normalized spacial score (nSPS) is 16.7. The van der Waals surface area contributed by atoms with Gasteiger partial charge in [-0.05, 0) is 30.2 Å². The summed E-state index contributed by atoms with van der Waals surface area (Å²) in [6, 6.07) is 14.6. The molecular weight excluding hydrogens is 318 g/mol. The maximum absolute atomic E-state index is 12.9. The van der Waals surface area contributed by atoms with Crippen molar-refractivity contribution in [2.75, 3.05) is 24.1 Å². The number of amides is 1. The molecule has 1 aliphatic rings. The number of fused-ring (bicyclic) bond motifs is 1. The molecule has 0 aromatic heterocycles. The molecule has 0 spiro atoms. The summed E-state index contributed by atoms with van der Waals surface area (Å²) in [5, 5.41) is 12.3. The van der Waals surface area contributed by atoms with E-state index in [0.29, 0.717) is 36.4 Å². The third-order valence-electron chi connectivity index (χ3n) is 4.30. The largest absolute Gasteiger partial charge is 0.481 e. The van der Waals surface area contributed by atoms with Crippen LogP contribution in [-0.4, -0.2) is 41.0 Å². The molecule has 6 nitrogen and oxygen atoms in total. The summed E-state index contributed by atoms with van der Waals surface area (Å²) < 4.78 is 0. The van der Waals surface area contributed by atoms with E-state index in [1.807, 2.05) is 30.3 Å². The average molecular weight is 339 g/mol. The van der Waals surface area contributed by atoms with Crippen molar-refractivity contribution in [2.45, 2.75) is 18.9 Å². The van der Waals surface area contributed by atoms with Crippen LogP contribution in [0.25, 0.3) is 0 Å². The highest BCUT2D eigenvalue weighted by atomic mass is 16.4. The predicted octanol–water partition coefficient (Wildman–Crippen LogP) is 2.22. The first-order chi connectivity index (χ1) is 12.0. The second-order valence-electron chi connectivity index (χ2n) is 6.23. The van der Waals surface area contributed by atoms with Gasteiger partial charge in [0.2, 0.25) is 0 Å². The molecule has 1 unspecified atom stereocenters. The summed E-state index contributed by atoms with van der Waals surface area (Å²) in [5.74, 6) is -1.02. The van der Waals surface area contributed by atoms with E-state index >= 15 is 0 Å². The standard InChI is InChI=1S/C19H21N3O3/c20-14-6-7-17-16(10-14)19(25)22(12-15(21-17)11-18(23)24)9-8-13-4-2-1-3-5-13/h1-7,10,15,21H,8-9,11-12,20H2,(H,23,24). The number of nitrogens with one attached hydrogen (secondary N) is 1. The van der Waals surface area contributed by atoms with Gasteiger partial charge < -0.3 is 21.1 Å². The summed E-state index contributed by atoms with van der Waals surface area (Å²) >= 11 is 0. The Hall–Kier alpha value is -3.02. The maximum Gasteiger partial charge on any atom is 0.305 e. The van der Waals surface area contributed by atoms with Crippen molar-refractivity contribution in [2.24, 2.45) is 0 Å². The fraction of sp³-hybridized carbons (Fsp3) is 0.263. The van der Waals surface area contributed by atoms with E-state index in [0.717, 1.165) is 5.56 Å². The van der Waals surface area contributed by atoms with Crippen molar-refractivity contribution in [3.63, 3.8) is 0 Å². The Morgan fingerprint density at radius 2 is 2.00 bits per heavy atom. The minimum atomic E-state index is -0.896. The fourth-order valence-electron chi connectivity index (χ4n) is 3.08. The molecule has 1 aliphatic heterocycles. The van der Waals surface area contributed by atoms with E-state index in [1.165, 1.54) is 0 Å². The van der Waals surface area contributed by atoms with Crippen molar-refractivity contribution >= 4 is 23.3 Å². The Labute approximate surface area is 146 Å². The quantitative estimate of drug-likeness (QED) is 0.726. The average Bonchev–Trinajstić information content (AvgIpc) is 2.71. The van der Waals surface area contributed by atoms with Crippen LogP contribution in [0, 0.1) is 0 Å². The number of benzene rings is 2. The van der Waals surface area contributed by atoms with Gasteiger partial charge in [-0.15, -0.1) is 0 Å². The Balaban J connectivity index is 1.84. The smallest absolute Gasteiger partial charge is 0.305 e. The third kappa shape index (κ3) is 4.09. The molecule has 2 aromatic carbocycles. The van der Waals surface area contributed by atoms with E-state index in [1.54, 1.807) is 23.1 Å². The number of carbonyl (C=O) groups excluding carboxylic acids is 1. The SMILES string of the molecule is Nc1ccc2c(c1)C(=O)N(CCc1ccccc1)CC(CC(=O)O)N2. The second-order valence-corrected chi connectivity index (χ2v) is 6.23. The number of nitrogens with two attached hydrogens (primary N) is 1. The molecule has 25 heavy (non-hydrogen) atoms.